The van der Waals surface area contributed by atoms with Crippen LogP contribution in [0.15, 0.2) is 35.2 Å². The summed E-state index contributed by atoms with van der Waals surface area (Å²) >= 11 is 6.23. The molecule has 5 N–H and O–H groups in total. The van der Waals surface area contributed by atoms with E-state index in [1.165, 1.54) is 12.1 Å². The van der Waals surface area contributed by atoms with Crippen molar-refractivity contribution in [3.05, 3.63) is 58.4 Å². The Morgan fingerprint density at radius 1 is 1.07 bits per heavy atom. The lowest BCUT2D eigenvalue weighted by molar-refractivity contribution is -0.177. The van der Waals surface area contributed by atoms with Gasteiger partial charge in [0.05, 0.1) is 33.1 Å². The van der Waals surface area contributed by atoms with E-state index in [0.717, 1.165) is 12.3 Å². The van der Waals surface area contributed by atoms with Crippen LogP contribution in [0.3, 0.4) is 0 Å². The van der Waals surface area contributed by atoms with Gasteiger partial charge in [-0.15, -0.1) is 0 Å². The molecule has 0 saturated heterocycles. The van der Waals surface area contributed by atoms with Crippen molar-refractivity contribution in [3.63, 3.8) is 0 Å². The second kappa shape index (κ2) is 11.7. The molecule has 232 valence electrons. The molecule has 42 heavy (non-hydrogen) atoms. The summed E-state index contributed by atoms with van der Waals surface area (Å²) in [4.78, 5) is 12.4. The maximum absolute atomic E-state index is 13.8. The summed E-state index contributed by atoms with van der Waals surface area (Å²) in [6.07, 6.45) is -2.48. The van der Waals surface area contributed by atoms with E-state index in [1.807, 2.05) is 0 Å². The molecule has 2 aromatic rings. The first-order valence-electron chi connectivity index (χ1n) is 12.9. The van der Waals surface area contributed by atoms with Gasteiger partial charge in [0.25, 0.3) is 5.91 Å². The van der Waals surface area contributed by atoms with Crippen LogP contribution in [-0.4, -0.2) is 73.9 Å². The third kappa shape index (κ3) is 6.18. The van der Waals surface area contributed by atoms with Crippen LogP contribution in [0.5, 0.6) is 0 Å². The number of hydrogen-bond donors (Lipinski definition) is 5. The van der Waals surface area contributed by atoms with Gasteiger partial charge in [0.15, 0.2) is 27.3 Å². The first-order valence-corrected chi connectivity index (χ1v) is 16.7. The van der Waals surface area contributed by atoms with Gasteiger partial charge in [-0.1, -0.05) is 18.5 Å². The van der Waals surface area contributed by atoms with Crippen molar-refractivity contribution in [2.24, 2.45) is 17.8 Å². The molecule has 4 rings (SSSR count). The Morgan fingerprint density at radius 2 is 1.69 bits per heavy atom. The number of fused-ring (bicyclic) bond motifs is 2. The molecule has 0 heterocycles. The SMILES string of the molecule is C[C@H]1CC2CC(S(=O)(=O)c3cc(C(=O)Nc4cc(F)c(F)c(F)c4)ccc3Cl)C[C@H]1[C@@]2(O)C(O)C(O)CNS(C)(=O)=O. The normalized spacial score (nSPS) is 27.5. The molecule has 2 saturated carbocycles. The van der Waals surface area contributed by atoms with Crippen molar-refractivity contribution >= 4 is 43.1 Å². The van der Waals surface area contributed by atoms with E-state index in [4.69, 9.17) is 11.6 Å². The topological polar surface area (TPSA) is 170 Å². The zero-order valence-electron chi connectivity index (χ0n) is 22.4. The molecule has 2 aliphatic rings. The standard InChI is InChI=1S/C26H30ClF3N2O8S2/c1-12-5-14-7-16(10-17(12)26(14,36)24(34)21(33)11-31-41(2,37)38)42(39,40)22-6-13(3-4-18(22)27)25(35)32-15-8-19(28)23(30)20(29)9-15/h3-4,6,8-9,12,14,16-17,21,24,31,33-34,36H,5,7,10-11H2,1-2H3,(H,32,35)/t12-,14?,16?,17+,21?,24?,26+/m0/s1. The number of rotatable bonds is 9. The Bertz CT molecular complexity index is 1590. The highest BCUT2D eigenvalue weighted by atomic mass is 35.5. The number of benzene rings is 2. The Hall–Kier alpha value is -2.27. The van der Waals surface area contributed by atoms with Crippen molar-refractivity contribution < 1.29 is 50.1 Å². The minimum Gasteiger partial charge on any atom is -0.389 e. The monoisotopic (exact) mass is 654 g/mol. The summed E-state index contributed by atoms with van der Waals surface area (Å²) in [5.74, 6) is -7.54. The molecule has 2 fully saturated rings. The van der Waals surface area contributed by atoms with E-state index < -0.39 is 95.2 Å². The first-order chi connectivity index (χ1) is 19.4. The predicted molar refractivity (Wildman–Crippen MR) is 146 cm³/mol. The van der Waals surface area contributed by atoms with Crippen LogP contribution in [0.4, 0.5) is 18.9 Å². The Morgan fingerprint density at radius 3 is 2.26 bits per heavy atom. The number of amides is 1. The number of anilines is 1. The van der Waals surface area contributed by atoms with Gasteiger partial charge in [-0.05, 0) is 55.2 Å². The third-order valence-electron chi connectivity index (χ3n) is 8.23. The molecule has 16 heteroatoms. The lowest BCUT2D eigenvalue weighted by Gasteiger charge is -2.47. The van der Waals surface area contributed by atoms with Crippen LogP contribution in [0.25, 0.3) is 0 Å². The predicted octanol–water partition coefficient (Wildman–Crippen LogP) is 2.22. The van der Waals surface area contributed by atoms with Crippen molar-refractivity contribution in [3.8, 4) is 0 Å². The highest BCUT2D eigenvalue weighted by molar-refractivity contribution is 7.92. The average molecular weight is 655 g/mol. The minimum atomic E-state index is -4.24. The van der Waals surface area contributed by atoms with Gasteiger partial charge in [-0.3, -0.25) is 4.79 Å². The smallest absolute Gasteiger partial charge is 0.255 e. The van der Waals surface area contributed by atoms with Gasteiger partial charge in [-0.2, -0.15) is 0 Å². The van der Waals surface area contributed by atoms with E-state index in [9.17, 15) is 50.1 Å². The molecule has 0 aromatic heterocycles. The molecule has 7 atom stereocenters. The van der Waals surface area contributed by atoms with E-state index in [0.29, 0.717) is 18.6 Å². The maximum Gasteiger partial charge on any atom is 0.255 e. The second-order valence-corrected chi connectivity index (χ2v) is 15.5. The van der Waals surface area contributed by atoms with E-state index in [2.05, 4.69) is 10.0 Å². The van der Waals surface area contributed by atoms with Crippen LogP contribution in [0, 0.1) is 35.2 Å². The molecule has 1 amide bonds. The van der Waals surface area contributed by atoms with Gasteiger partial charge >= 0.3 is 0 Å². The van der Waals surface area contributed by atoms with Gasteiger partial charge in [-0.25, -0.2) is 34.7 Å². The van der Waals surface area contributed by atoms with Gasteiger partial charge in [0.1, 0.15) is 6.10 Å². The number of nitrogens with one attached hydrogen (secondary N) is 2. The third-order valence-corrected chi connectivity index (χ3v) is 11.6. The summed E-state index contributed by atoms with van der Waals surface area (Å²) in [5, 5.41) is 33.8. The van der Waals surface area contributed by atoms with Crippen LogP contribution >= 0.6 is 11.6 Å². The number of halogens is 4. The fraction of sp³-hybridized carbons (Fsp3) is 0.500. The number of aliphatic hydroxyl groups excluding tert-OH is 2. The van der Waals surface area contributed by atoms with E-state index in [-0.39, 0.29) is 29.3 Å². The maximum atomic E-state index is 13.8. The molecular weight excluding hydrogens is 625 g/mol. The van der Waals surface area contributed by atoms with Gasteiger partial charge < -0.3 is 20.6 Å². The molecular formula is C26H30ClF3N2O8S2. The molecule has 2 aromatic carbocycles. The van der Waals surface area contributed by atoms with Crippen molar-refractivity contribution in [2.75, 3.05) is 18.1 Å². The molecule has 0 aliphatic heterocycles. The van der Waals surface area contributed by atoms with Crippen molar-refractivity contribution in [1.29, 1.82) is 0 Å². The summed E-state index contributed by atoms with van der Waals surface area (Å²) < 4.78 is 92.9. The number of carbonyl (C=O) groups excluding carboxylic acids is 1. The highest BCUT2D eigenvalue weighted by Crippen LogP contribution is 2.56. The summed E-state index contributed by atoms with van der Waals surface area (Å²) in [6, 6.07) is 4.49. The number of sulfonamides is 1. The van der Waals surface area contributed by atoms with Crippen LogP contribution < -0.4 is 10.0 Å². The zero-order chi connectivity index (χ0) is 31.4. The number of sulfone groups is 1. The Balaban J connectivity index is 1.57. The first kappa shape index (κ1) is 32.6. The largest absolute Gasteiger partial charge is 0.389 e. The molecule has 0 radical (unpaired) electrons. The second-order valence-electron chi connectivity index (χ2n) is 11.0. The highest BCUT2D eigenvalue weighted by Gasteiger charge is 2.62. The molecule has 0 spiro atoms. The van der Waals surface area contributed by atoms with E-state index >= 15 is 0 Å². The zero-order valence-corrected chi connectivity index (χ0v) is 24.8. The van der Waals surface area contributed by atoms with Crippen LogP contribution in [0.2, 0.25) is 5.02 Å². The number of carbonyl (C=O) groups is 1. The molecule has 2 aliphatic carbocycles. The number of hydrogen-bond acceptors (Lipinski definition) is 8. The molecule has 10 nitrogen and oxygen atoms in total. The lowest BCUT2D eigenvalue weighted by Crippen LogP contribution is -2.61. The van der Waals surface area contributed by atoms with Crippen LogP contribution in [0.1, 0.15) is 36.5 Å². The van der Waals surface area contributed by atoms with Crippen LogP contribution in [-0.2, 0) is 19.9 Å². The Kier molecular flexibility index (Phi) is 9.07. The Labute approximate surface area is 245 Å². The summed E-state index contributed by atoms with van der Waals surface area (Å²) in [7, 11) is -7.94. The van der Waals surface area contributed by atoms with Gasteiger partial charge in [0, 0.05) is 29.9 Å². The molecule has 4 unspecified atom stereocenters. The molecule has 2 bridgehead atoms. The summed E-state index contributed by atoms with van der Waals surface area (Å²) in [6.45, 7) is 1.22. The average Bonchev–Trinajstić information content (AvgIpc) is 3.01. The minimum absolute atomic E-state index is 0.121. The fourth-order valence-electron chi connectivity index (χ4n) is 6.21. The summed E-state index contributed by atoms with van der Waals surface area (Å²) in [5.41, 5.74) is -2.51. The lowest BCUT2D eigenvalue weighted by atomic mass is 9.69. The van der Waals surface area contributed by atoms with Gasteiger partial charge in [0.2, 0.25) is 10.0 Å². The quantitative estimate of drug-likeness (QED) is 0.256. The number of aliphatic hydroxyl groups is 3. The van der Waals surface area contributed by atoms with E-state index in [1.54, 1.807) is 6.92 Å². The fourth-order valence-corrected chi connectivity index (χ4v) is 9.06. The van der Waals surface area contributed by atoms with Crippen molar-refractivity contribution in [2.45, 2.75) is 54.1 Å². The van der Waals surface area contributed by atoms with Crippen molar-refractivity contribution in [1.82, 2.24) is 4.72 Å².